The first-order valence-electron chi connectivity index (χ1n) is 5.23. The lowest BCUT2D eigenvalue weighted by Crippen LogP contribution is -2.08. The molecule has 0 saturated carbocycles. The molecule has 0 unspecified atom stereocenters. The molecule has 0 aliphatic rings. The smallest absolute Gasteiger partial charge is 0.206 e. The summed E-state index contributed by atoms with van der Waals surface area (Å²) in [5, 5.41) is 14.5. The largest absolute Gasteiger partial charge is 0.358 e. The highest BCUT2D eigenvalue weighted by molar-refractivity contribution is 7.97. The molecule has 0 radical (unpaired) electrons. The topological polar surface area (TPSA) is 50.7 Å². The van der Waals surface area contributed by atoms with Gasteiger partial charge in [0.05, 0.1) is 4.88 Å². The van der Waals surface area contributed by atoms with Crippen LogP contribution < -0.4 is 5.32 Å². The van der Waals surface area contributed by atoms with E-state index in [0.717, 1.165) is 25.8 Å². The molecule has 0 bridgehead atoms. The normalized spacial score (nSPS) is 11.1. The van der Waals surface area contributed by atoms with Gasteiger partial charge in [0.1, 0.15) is 5.01 Å². The van der Waals surface area contributed by atoms with Gasteiger partial charge in [-0.05, 0) is 20.1 Å². The second kappa shape index (κ2) is 5.79. The molecule has 2 heterocycles. The van der Waals surface area contributed by atoms with E-state index < -0.39 is 0 Å². The maximum atomic E-state index is 4.37. The van der Waals surface area contributed by atoms with Gasteiger partial charge in [0, 0.05) is 18.0 Å². The molecule has 17 heavy (non-hydrogen) atoms. The van der Waals surface area contributed by atoms with Crippen LogP contribution in [0.5, 0.6) is 0 Å². The molecule has 0 aliphatic carbocycles. The van der Waals surface area contributed by atoms with E-state index in [2.05, 4.69) is 40.6 Å². The van der Waals surface area contributed by atoms with Crippen LogP contribution in [0.4, 0.5) is 5.13 Å². The van der Waals surface area contributed by atoms with Crippen LogP contribution in [0, 0.1) is 0 Å². The average molecular weight is 286 g/mol. The third-order valence-electron chi connectivity index (χ3n) is 1.87. The molecule has 92 valence electrons. The van der Waals surface area contributed by atoms with Crippen molar-refractivity contribution >= 4 is 39.6 Å². The van der Waals surface area contributed by atoms with E-state index in [-0.39, 0.29) is 0 Å². The summed E-state index contributed by atoms with van der Waals surface area (Å²) in [6.45, 7) is 4.18. The molecule has 4 nitrogen and oxygen atoms in total. The summed E-state index contributed by atoms with van der Waals surface area (Å²) in [6, 6.07) is 0.379. The van der Waals surface area contributed by atoms with E-state index in [9.17, 15) is 0 Å². The van der Waals surface area contributed by atoms with Crippen molar-refractivity contribution in [1.82, 2.24) is 15.2 Å². The van der Waals surface area contributed by atoms with Crippen molar-refractivity contribution in [3.05, 3.63) is 11.2 Å². The molecule has 0 aliphatic heterocycles. The minimum atomic E-state index is 0.379. The Morgan fingerprint density at radius 2 is 2.18 bits per heavy atom. The van der Waals surface area contributed by atoms with Crippen LogP contribution in [0.3, 0.4) is 0 Å². The lowest BCUT2D eigenvalue weighted by molar-refractivity contribution is 0.888. The van der Waals surface area contributed by atoms with Crippen LogP contribution in [-0.2, 0) is 5.75 Å². The van der Waals surface area contributed by atoms with Crippen molar-refractivity contribution in [1.29, 1.82) is 0 Å². The molecule has 0 atom stereocenters. The maximum absolute atomic E-state index is 4.37. The lowest BCUT2D eigenvalue weighted by atomic mass is 10.4. The van der Waals surface area contributed by atoms with Crippen LogP contribution >= 0.6 is 34.4 Å². The monoisotopic (exact) mass is 286 g/mol. The summed E-state index contributed by atoms with van der Waals surface area (Å²) in [5.41, 5.74) is 0. The van der Waals surface area contributed by atoms with E-state index in [1.807, 2.05) is 6.20 Å². The van der Waals surface area contributed by atoms with Crippen molar-refractivity contribution in [3.8, 4) is 9.88 Å². The Morgan fingerprint density at radius 3 is 2.88 bits per heavy atom. The van der Waals surface area contributed by atoms with Gasteiger partial charge < -0.3 is 5.32 Å². The van der Waals surface area contributed by atoms with Gasteiger partial charge in [0.15, 0.2) is 5.01 Å². The second-order valence-electron chi connectivity index (χ2n) is 3.76. The van der Waals surface area contributed by atoms with E-state index >= 15 is 0 Å². The van der Waals surface area contributed by atoms with Gasteiger partial charge >= 0.3 is 0 Å². The van der Waals surface area contributed by atoms with Gasteiger partial charge in [-0.3, -0.25) is 0 Å². The van der Waals surface area contributed by atoms with Crippen molar-refractivity contribution in [3.63, 3.8) is 0 Å². The molecule has 1 N–H and O–H groups in total. The SMILES string of the molecule is CSCc1ncc(-c2nnc(NC(C)C)s2)s1. The van der Waals surface area contributed by atoms with Crippen LogP contribution in [-0.4, -0.2) is 27.5 Å². The molecule has 0 saturated heterocycles. The number of rotatable bonds is 5. The molecule has 2 aromatic heterocycles. The zero-order valence-electron chi connectivity index (χ0n) is 9.93. The zero-order chi connectivity index (χ0) is 12.3. The number of hydrogen-bond acceptors (Lipinski definition) is 7. The van der Waals surface area contributed by atoms with E-state index in [1.165, 1.54) is 0 Å². The molecular formula is C10H14N4S3. The summed E-state index contributed by atoms with van der Waals surface area (Å²) in [7, 11) is 0. The van der Waals surface area contributed by atoms with Gasteiger partial charge in [-0.15, -0.1) is 21.5 Å². The maximum Gasteiger partial charge on any atom is 0.206 e. The minimum Gasteiger partial charge on any atom is -0.358 e. The van der Waals surface area contributed by atoms with Gasteiger partial charge in [0.2, 0.25) is 5.13 Å². The highest BCUT2D eigenvalue weighted by Gasteiger charge is 2.10. The summed E-state index contributed by atoms with van der Waals surface area (Å²) in [5.74, 6) is 0.959. The van der Waals surface area contributed by atoms with Crippen LogP contribution in [0.15, 0.2) is 6.20 Å². The molecule has 0 spiro atoms. The van der Waals surface area contributed by atoms with Crippen LogP contribution in [0.1, 0.15) is 18.9 Å². The minimum absolute atomic E-state index is 0.379. The first-order chi connectivity index (χ1) is 8.19. The molecule has 0 amide bonds. The Morgan fingerprint density at radius 1 is 1.35 bits per heavy atom. The number of thiazole rings is 1. The van der Waals surface area contributed by atoms with Crippen molar-refractivity contribution < 1.29 is 0 Å². The van der Waals surface area contributed by atoms with Crippen LogP contribution in [0.2, 0.25) is 0 Å². The Balaban J connectivity index is 2.12. The number of nitrogens with zero attached hydrogens (tertiary/aromatic N) is 3. The lowest BCUT2D eigenvalue weighted by Gasteiger charge is -2.02. The number of nitrogens with one attached hydrogen (secondary N) is 1. The average Bonchev–Trinajstić information content (AvgIpc) is 2.86. The van der Waals surface area contributed by atoms with Gasteiger partial charge in [-0.25, -0.2) is 4.98 Å². The van der Waals surface area contributed by atoms with Gasteiger partial charge in [-0.1, -0.05) is 11.3 Å². The Kier molecular flexibility index (Phi) is 4.36. The molecule has 0 fully saturated rings. The van der Waals surface area contributed by atoms with Crippen molar-refractivity contribution in [2.24, 2.45) is 0 Å². The molecule has 7 heteroatoms. The number of thioether (sulfide) groups is 1. The van der Waals surface area contributed by atoms with E-state index in [4.69, 9.17) is 0 Å². The van der Waals surface area contributed by atoms with Crippen LogP contribution in [0.25, 0.3) is 9.88 Å². The summed E-state index contributed by atoms with van der Waals surface area (Å²) >= 11 is 5.05. The molecule has 2 aromatic rings. The molecule has 0 aromatic carbocycles. The second-order valence-corrected chi connectivity index (χ2v) is 6.72. The number of aromatic nitrogens is 3. The summed E-state index contributed by atoms with van der Waals surface area (Å²) < 4.78 is 0. The fraction of sp³-hybridized carbons (Fsp3) is 0.500. The van der Waals surface area contributed by atoms with E-state index in [0.29, 0.717) is 6.04 Å². The third kappa shape index (κ3) is 3.40. The first-order valence-corrected chi connectivity index (χ1v) is 8.25. The van der Waals surface area contributed by atoms with Crippen molar-refractivity contribution in [2.45, 2.75) is 25.6 Å². The number of anilines is 1. The predicted octanol–water partition coefficient (Wildman–Crippen LogP) is 3.34. The Hall–Kier alpha value is -0.660. The van der Waals surface area contributed by atoms with Crippen molar-refractivity contribution in [2.75, 3.05) is 11.6 Å². The number of hydrogen-bond donors (Lipinski definition) is 1. The summed E-state index contributed by atoms with van der Waals surface area (Å²) in [4.78, 5) is 5.47. The zero-order valence-corrected chi connectivity index (χ0v) is 12.4. The molecule has 2 rings (SSSR count). The quantitative estimate of drug-likeness (QED) is 0.913. The fourth-order valence-corrected chi connectivity index (χ4v) is 3.78. The Bertz CT molecular complexity index is 477. The van der Waals surface area contributed by atoms with Gasteiger partial charge in [0.25, 0.3) is 0 Å². The summed E-state index contributed by atoms with van der Waals surface area (Å²) in [6.07, 6.45) is 3.96. The van der Waals surface area contributed by atoms with E-state index in [1.54, 1.807) is 34.4 Å². The highest BCUT2D eigenvalue weighted by atomic mass is 32.2. The highest BCUT2D eigenvalue weighted by Crippen LogP contribution is 2.31. The Labute approximate surface area is 113 Å². The first kappa shape index (κ1) is 12.8. The standard InChI is InChI=1S/C10H14N4S3/c1-6(2)12-10-14-13-9(17-10)7-4-11-8(16-7)5-15-3/h4,6H,5H2,1-3H3,(H,12,14). The molecular weight excluding hydrogens is 272 g/mol. The van der Waals surface area contributed by atoms with Gasteiger partial charge in [-0.2, -0.15) is 11.8 Å². The third-order valence-corrected chi connectivity index (χ3v) is 4.64. The predicted molar refractivity (Wildman–Crippen MR) is 77.0 cm³/mol. The fourth-order valence-electron chi connectivity index (χ4n) is 1.23.